The number of nitrogen functional groups attached to an aromatic ring is 3. The van der Waals surface area contributed by atoms with Gasteiger partial charge in [-0.3, -0.25) is 0 Å². The second-order valence-electron chi connectivity index (χ2n) is 4.06. The normalized spacial score (nSPS) is 10.5. The largest absolute Gasteiger partial charge is 0.486 e. The number of anilines is 3. The van der Waals surface area contributed by atoms with E-state index in [1.807, 2.05) is 0 Å². The van der Waals surface area contributed by atoms with Crippen molar-refractivity contribution < 1.29 is 13.5 Å². The topological polar surface area (TPSA) is 112 Å². The summed E-state index contributed by atoms with van der Waals surface area (Å²) in [6.07, 6.45) is 0. The van der Waals surface area contributed by atoms with Crippen molar-refractivity contribution in [2.24, 2.45) is 5.84 Å². The molecule has 0 atom stereocenters. The van der Waals surface area contributed by atoms with Crippen molar-refractivity contribution in [2.75, 3.05) is 16.9 Å². The van der Waals surface area contributed by atoms with Crippen LogP contribution < -0.4 is 27.5 Å². The van der Waals surface area contributed by atoms with Crippen LogP contribution >= 0.6 is 15.9 Å². The van der Waals surface area contributed by atoms with E-state index in [-0.39, 0.29) is 39.7 Å². The molecule has 0 aliphatic carbocycles. The van der Waals surface area contributed by atoms with Crippen molar-refractivity contribution in [3.63, 3.8) is 0 Å². The number of ether oxygens (including phenoxy) is 1. The molecule has 21 heavy (non-hydrogen) atoms. The van der Waals surface area contributed by atoms with Gasteiger partial charge in [-0.2, -0.15) is 0 Å². The summed E-state index contributed by atoms with van der Waals surface area (Å²) in [6, 6.07) is 3.73. The molecule has 0 saturated heterocycles. The third-order valence-corrected chi connectivity index (χ3v) is 3.30. The summed E-state index contributed by atoms with van der Waals surface area (Å²) in [5.41, 5.74) is 13.4. The van der Waals surface area contributed by atoms with Gasteiger partial charge in [-0.1, -0.05) is 0 Å². The third-order valence-electron chi connectivity index (χ3n) is 2.69. The number of aromatic nitrogens is 1. The molecule has 0 amide bonds. The van der Waals surface area contributed by atoms with Crippen molar-refractivity contribution >= 4 is 33.3 Å². The smallest absolute Gasteiger partial charge is 0.169 e. The van der Waals surface area contributed by atoms with Crippen LogP contribution in [0.15, 0.2) is 22.7 Å². The average molecular weight is 360 g/mol. The molecule has 6 nitrogen and oxygen atoms in total. The molecule has 9 heteroatoms. The Hall–Kier alpha value is -2.13. The minimum absolute atomic E-state index is 0.0857. The summed E-state index contributed by atoms with van der Waals surface area (Å²) in [5.74, 6) is 4.09. The molecule has 0 aliphatic heterocycles. The van der Waals surface area contributed by atoms with Crippen LogP contribution in [-0.4, -0.2) is 4.98 Å². The van der Waals surface area contributed by atoms with Crippen molar-refractivity contribution in [3.05, 3.63) is 39.9 Å². The summed E-state index contributed by atoms with van der Waals surface area (Å²) in [6.45, 7) is -0.366. The molecule has 2 aromatic rings. The van der Waals surface area contributed by atoms with Crippen LogP contribution in [-0.2, 0) is 6.61 Å². The monoisotopic (exact) mass is 359 g/mol. The number of benzene rings is 1. The zero-order valence-electron chi connectivity index (χ0n) is 10.7. The molecule has 7 N–H and O–H groups in total. The molecule has 2 rings (SSSR count). The predicted octanol–water partition coefficient (Wildman–Crippen LogP) is 2.15. The second-order valence-corrected chi connectivity index (χ2v) is 4.92. The van der Waals surface area contributed by atoms with Crippen LogP contribution in [0.3, 0.4) is 0 Å². The van der Waals surface area contributed by atoms with Gasteiger partial charge in [-0.05, 0) is 28.1 Å². The van der Waals surface area contributed by atoms with Gasteiger partial charge < -0.3 is 21.6 Å². The first kappa shape index (κ1) is 15.3. The molecular formula is C12H12BrF2N5O. The molecule has 0 unspecified atom stereocenters. The van der Waals surface area contributed by atoms with E-state index in [0.29, 0.717) is 0 Å². The summed E-state index contributed by atoms with van der Waals surface area (Å²) < 4.78 is 32.9. The van der Waals surface area contributed by atoms with Crippen LogP contribution in [0.4, 0.5) is 26.1 Å². The molecule has 0 aliphatic rings. The predicted molar refractivity (Wildman–Crippen MR) is 79.3 cm³/mol. The zero-order chi connectivity index (χ0) is 15.6. The number of halogens is 3. The van der Waals surface area contributed by atoms with Crippen LogP contribution in [0.1, 0.15) is 5.56 Å². The zero-order valence-corrected chi connectivity index (χ0v) is 12.2. The highest BCUT2D eigenvalue weighted by Crippen LogP contribution is 2.31. The molecule has 1 heterocycles. The van der Waals surface area contributed by atoms with E-state index in [9.17, 15) is 8.78 Å². The Morgan fingerprint density at radius 2 is 2.00 bits per heavy atom. The lowest BCUT2D eigenvalue weighted by atomic mass is 10.2. The number of nitrogens with two attached hydrogens (primary N) is 3. The van der Waals surface area contributed by atoms with E-state index in [1.165, 1.54) is 12.1 Å². The molecule has 1 aromatic heterocycles. The molecular weight excluding hydrogens is 348 g/mol. The van der Waals surface area contributed by atoms with Crippen molar-refractivity contribution in [1.29, 1.82) is 0 Å². The van der Waals surface area contributed by atoms with E-state index in [0.717, 1.165) is 6.07 Å². The fourth-order valence-electron chi connectivity index (χ4n) is 1.63. The van der Waals surface area contributed by atoms with Gasteiger partial charge in [0.15, 0.2) is 5.82 Å². The van der Waals surface area contributed by atoms with Crippen LogP contribution in [0.25, 0.3) is 0 Å². The number of nitrogens with one attached hydrogen (secondary N) is 1. The Labute approximate surface area is 127 Å². The van der Waals surface area contributed by atoms with Crippen molar-refractivity contribution in [1.82, 2.24) is 4.98 Å². The molecule has 0 radical (unpaired) electrons. The Bertz CT molecular complexity index is 683. The second kappa shape index (κ2) is 6.10. The lowest BCUT2D eigenvalue weighted by molar-refractivity contribution is 0.294. The standard InChI is InChI=1S/C12H12BrF2N5O/c13-6-1-2-7(14)5(10(6)15)4-21-8-3-9(16)19-12(20-18)11(8)17/h1-3H,4,17-18H2,(H3,16,19,20). The first-order valence-corrected chi connectivity index (χ1v) is 6.51. The van der Waals surface area contributed by atoms with E-state index in [4.69, 9.17) is 22.0 Å². The number of hydrogen-bond donors (Lipinski definition) is 4. The van der Waals surface area contributed by atoms with Gasteiger partial charge in [0.2, 0.25) is 0 Å². The van der Waals surface area contributed by atoms with Crippen LogP contribution in [0.2, 0.25) is 0 Å². The SMILES string of the molecule is NNc1nc(N)cc(OCc2c(F)ccc(Br)c2F)c1N. The van der Waals surface area contributed by atoms with E-state index in [1.54, 1.807) is 0 Å². The molecule has 0 fully saturated rings. The maximum atomic E-state index is 13.8. The maximum Gasteiger partial charge on any atom is 0.169 e. The Balaban J connectivity index is 2.29. The summed E-state index contributed by atoms with van der Waals surface area (Å²) in [4.78, 5) is 3.84. The first-order chi connectivity index (χ1) is 9.93. The van der Waals surface area contributed by atoms with E-state index >= 15 is 0 Å². The summed E-state index contributed by atoms with van der Waals surface area (Å²) in [7, 11) is 0. The molecule has 112 valence electrons. The van der Waals surface area contributed by atoms with Gasteiger partial charge in [0.25, 0.3) is 0 Å². The van der Waals surface area contributed by atoms with E-state index < -0.39 is 11.6 Å². The van der Waals surface area contributed by atoms with Crippen molar-refractivity contribution in [3.8, 4) is 5.75 Å². The molecule has 0 saturated carbocycles. The van der Waals surface area contributed by atoms with Crippen LogP contribution in [0, 0.1) is 11.6 Å². The van der Waals surface area contributed by atoms with Gasteiger partial charge in [0.1, 0.15) is 35.5 Å². The highest BCUT2D eigenvalue weighted by atomic mass is 79.9. The Kier molecular flexibility index (Phi) is 4.43. The highest BCUT2D eigenvalue weighted by Gasteiger charge is 2.15. The highest BCUT2D eigenvalue weighted by molar-refractivity contribution is 9.10. The number of pyridine rings is 1. The van der Waals surface area contributed by atoms with Gasteiger partial charge in [0.05, 0.1) is 10.0 Å². The number of rotatable bonds is 4. The number of hydrazine groups is 1. The number of hydrogen-bond acceptors (Lipinski definition) is 6. The van der Waals surface area contributed by atoms with Gasteiger partial charge >= 0.3 is 0 Å². The fourth-order valence-corrected chi connectivity index (χ4v) is 2.00. The average Bonchev–Trinajstić information content (AvgIpc) is 2.46. The number of nitrogens with zero attached hydrogens (tertiary/aromatic N) is 1. The lowest BCUT2D eigenvalue weighted by Crippen LogP contribution is -2.13. The van der Waals surface area contributed by atoms with Gasteiger partial charge in [-0.25, -0.2) is 19.6 Å². The van der Waals surface area contributed by atoms with E-state index in [2.05, 4.69) is 26.3 Å². The minimum atomic E-state index is -0.743. The first-order valence-electron chi connectivity index (χ1n) is 5.71. The fraction of sp³-hybridized carbons (Fsp3) is 0.0833. The summed E-state index contributed by atoms with van der Waals surface area (Å²) in [5, 5.41) is 0. The van der Waals surface area contributed by atoms with Crippen LogP contribution in [0.5, 0.6) is 5.75 Å². The Morgan fingerprint density at radius 1 is 1.29 bits per heavy atom. The quantitative estimate of drug-likeness (QED) is 0.378. The lowest BCUT2D eigenvalue weighted by Gasteiger charge is -2.13. The molecule has 0 bridgehead atoms. The third kappa shape index (κ3) is 3.14. The summed E-state index contributed by atoms with van der Waals surface area (Å²) >= 11 is 2.98. The maximum absolute atomic E-state index is 13.8. The van der Waals surface area contributed by atoms with Crippen molar-refractivity contribution in [2.45, 2.75) is 6.61 Å². The van der Waals surface area contributed by atoms with Gasteiger partial charge in [-0.15, -0.1) is 0 Å². The minimum Gasteiger partial charge on any atom is -0.486 e. The molecule has 0 spiro atoms. The van der Waals surface area contributed by atoms with Gasteiger partial charge in [0, 0.05) is 6.07 Å². The Morgan fingerprint density at radius 3 is 2.67 bits per heavy atom. The molecule has 1 aromatic carbocycles.